The van der Waals surface area contributed by atoms with Gasteiger partial charge in [-0.25, -0.2) is 9.83 Å². The van der Waals surface area contributed by atoms with Gasteiger partial charge in [0.1, 0.15) is 5.82 Å². The topological polar surface area (TPSA) is 66.7 Å². The van der Waals surface area contributed by atoms with Crippen LogP contribution in [0.2, 0.25) is 0 Å². The Balaban J connectivity index is 0.00000231. The molecule has 1 saturated heterocycles. The molecule has 2 aromatic rings. The van der Waals surface area contributed by atoms with Crippen molar-refractivity contribution in [2.24, 2.45) is 11.8 Å². The molecule has 0 saturated carbocycles. The maximum atomic E-state index is 12.7. The normalized spacial score (nSPS) is 21.7. The third-order valence-electron chi connectivity index (χ3n) is 6.00. The number of rotatable bonds is 3. The van der Waals surface area contributed by atoms with Gasteiger partial charge in [0.2, 0.25) is 16.8 Å². The van der Waals surface area contributed by atoms with Gasteiger partial charge in [0.15, 0.2) is 0 Å². The molecule has 0 spiro atoms. The van der Waals surface area contributed by atoms with Crippen LogP contribution in [0.25, 0.3) is 16.5 Å². The number of likely N-dealkylation sites (tertiary alicyclic amines) is 1. The minimum absolute atomic E-state index is 0. The zero-order valence-electron chi connectivity index (χ0n) is 16.3. The molecule has 1 aliphatic carbocycles. The fourth-order valence-corrected chi connectivity index (χ4v) is 5.30. The summed E-state index contributed by atoms with van der Waals surface area (Å²) >= 11 is 1.55. The highest BCUT2D eigenvalue weighted by Gasteiger charge is 2.38. The van der Waals surface area contributed by atoms with Gasteiger partial charge >= 0.3 is 0 Å². The number of aryl methyl sites for hydroxylation is 1. The Morgan fingerprint density at radius 3 is 2.97 bits per heavy atom. The van der Waals surface area contributed by atoms with Crippen molar-refractivity contribution in [2.45, 2.75) is 26.7 Å². The monoisotopic (exact) mass is 432 g/mol. The molecular weight excluding hydrogens is 408 g/mol. The number of carbonyl (C=O) groups excluding carboxylic acids is 2. The molecule has 5 rings (SSSR count). The van der Waals surface area contributed by atoms with Gasteiger partial charge in [-0.3, -0.25) is 9.59 Å². The van der Waals surface area contributed by atoms with Crippen molar-refractivity contribution in [1.29, 1.82) is 0 Å². The van der Waals surface area contributed by atoms with Crippen LogP contribution >= 0.6 is 11.3 Å². The van der Waals surface area contributed by atoms with Crippen molar-refractivity contribution in [3.63, 3.8) is 0 Å². The first-order valence-corrected chi connectivity index (χ1v) is 10.8. The second-order valence-corrected chi connectivity index (χ2v) is 9.03. The van der Waals surface area contributed by atoms with Gasteiger partial charge in [-0.1, -0.05) is 19.6 Å². The summed E-state index contributed by atoms with van der Waals surface area (Å²) in [6.07, 6.45) is 9.52. The van der Waals surface area contributed by atoms with Crippen molar-refractivity contribution >= 4 is 45.6 Å². The van der Waals surface area contributed by atoms with Crippen LogP contribution in [0.1, 0.15) is 36.3 Å². The lowest BCUT2D eigenvalue weighted by molar-refractivity contribution is -0.125. The molecule has 31 heavy (non-hydrogen) atoms. The van der Waals surface area contributed by atoms with Crippen LogP contribution in [0.3, 0.4) is 0 Å². The van der Waals surface area contributed by atoms with E-state index in [1.165, 1.54) is 10.5 Å². The SMILES string of the molecule is C.[C-]#[N+]c1ccc(C2=CC3CN(C(=O)/C=C/c4cnc5c(c4)CCC(=O)N5)CC3C2)s1. The second-order valence-electron chi connectivity index (χ2n) is 7.97. The molecule has 0 aromatic carbocycles. The average molecular weight is 433 g/mol. The molecule has 2 aliphatic heterocycles. The molecule has 4 heterocycles. The van der Waals surface area contributed by atoms with Crippen LogP contribution in [0.5, 0.6) is 0 Å². The number of allylic oxidation sites excluding steroid dienone is 1. The van der Waals surface area contributed by atoms with E-state index in [1.54, 1.807) is 29.7 Å². The first kappa shape index (κ1) is 21.0. The molecule has 1 fully saturated rings. The largest absolute Gasteiger partial charge is 0.338 e. The van der Waals surface area contributed by atoms with Crippen LogP contribution in [0.4, 0.5) is 10.8 Å². The minimum atomic E-state index is -0.00355. The number of thiophene rings is 1. The van der Waals surface area contributed by atoms with Gasteiger partial charge in [0.05, 0.1) is 6.57 Å². The number of hydrogen-bond acceptors (Lipinski definition) is 4. The number of hydrogen-bond donors (Lipinski definition) is 1. The number of aromatic nitrogens is 1. The minimum Gasteiger partial charge on any atom is -0.338 e. The van der Waals surface area contributed by atoms with Crippen molar-refractivity contribution in [1.82, 2.24) is 9.88 Å². The van der Waals surface area contributed by atoms with Gasteiger partial charge in [-0.2, -0.15) is 11.3 Å². The highest BCUT2D eigenvalue weighted by molar-refractivity contribution is 7.17. The lowest BCUT2D eigenvalue weighted by Gasteiger charge is -2.16. The van der Waals surface area contributed by atoms with Crippen molar-refractivity contribution < 1.29 is 9.59 Å². The number of pyridine rings is 1. The predicted octanol–water partition coefficient (Wildman–Crippen LogP) is 4.79. The number of fused-ring (bicyclic) bond motifs is 2. The summed E-state index contributed by atoms with van der Waals surface area (Å²) < 4.78 is 0. The zero-order valence-corrected chi connectivity index (χ0v) is 17.1. The third-order valence-corrected chi connectivity index (χ3v) is 7.06. The molecule has 2 aromatic heterocycles. The third kappa shape index (κ3) is 4.17. The molecule has 158 valence electrons. The zero-order chi connectivity index (χ0) is 20.7. The molecule has 3 aliphatic rings. The Morgan fingerprint density at radius 1 is 1.32 bits per heavy atom. The highest BCUT2D eigenvalue weighted by atomic mass is 32.1. The summed E-state index contributed by atoms with van der Waals surface area (Å²) in [7, 11) is 0. The van der Waals surface area contributed by atoms with Gasteiger partial charge in [0.25, 0.3) is 0 Å². The fourth-order valence-electron chi connectivity index (χ4n) is 4.47. The Kier molecular flexibility index (Phi) is 5.75. The Bertz CT molecular complexity index is 1140. The Hall–Kier alpha value is -3.24. The molecule has 0 radical (unpaired) electrons. The van der Waals surface area contributed by atoms with Crippen molar-refractivity contribution in [2.75, 3.05) is 18.4 Å². The molecular formula is C24H24N4O2S. The maximum Gasteiger partial charge on any atom is 0.246 e. The number of carbonyl (C=O) groups is 2. The van der Waals surface area contributed by atoms with E-state index in [4.69, 9.17) is 6.57 Å². The van der Waals surface area contributed by atoms with Gasteiger partial charge in [-0.15, -0.1) is 0 Å². The molecule has 6 nitrogen and oxygen atoms in total. The molecule has 2 atom stereocenters. The van der Waals surface area contributed by atoms with E-state index >= 15 is 0 Å². The highest BCUT2D eigenvalue weighted by Crippen LogP contribution is 2.43. The number of nitrogens with zero attached hydrogens (tertiary/aromatic N) is 3. The number of amides is 2. The van der Waals surface area contributed by atoms with Gasteiger partial charge < -0.3 is 10.2 Å². The molecule has 0 bridgehead atoms. The summed E-state index contributed by atoms with van der Waals surface area (Å²) in [6, 6.07) is 5.90. The lowest BCUT2D eigenvalue weighted by Crippen LogP contribution is -2.27. The van der Waals surface area contributed by atoms with Crippen molar-refractivity contribution in [3.8, 4) is 0 Å². The first-order chi connectivity index (χ1) is 14.6. The summed E-state index contributed by atoms with van der Waals surface area (Å²) in [5.41, 5.74) is 3.19. The summed E-state index contributed by atoms with van der Waals surface area (Å²) in [5.74, 6) is 1.50. The first-order valence-electron chi connectivity index (χ1n) is 10.0. The lowest BCUT2D eigenvalue weighted by atomic mass is 10.00. The van der Waals surface area contributed by atoms with Crippen LogP contribution in [-0.2, 0) is 16.0 Å². The summed E-state index contributed by atoms with van der Waals surface area (Å²) in [4.78, 5) is 35.0. The quantitative estimate of drug-likeness (QED) is 0.560. The van der Waals surface area contributed by atoms with E-state index in [1.807, 2.05) is 23.1 Å². The maximum absolute atomic E-state index is 12.7. The molecule has 1 N–H and O–H groups in total. The van der Waals surface area contributed by atoms with E-state index in [0.717, 1.165) is 35.6 Å². The summed E-state index contributed by atoms with van der Waals surface area (Å²) in [5, 5.41) is 3.50. The fraction of sp³-hybridized carbons (Fsp3) is 0.333. The molecule has 7 heteroatoms. The Labute approximate surface area is 186 Å². The smallest absolute Gasteiger partial charge is 0.246 e. The average Bonchev–Trinajstić information content (AvgIpc) is 3.46. The Morgan fingerprint density at radius 2 is 2.19 bits per heavy atom. The van der Waals surface area contributed by atoms with Gasteiger partial charge in [0, 0.05) is 36.7 Å². The molecule has 2 unspecified atom stereocenters. The summed E-state index contributed by atoms with van der Waals surface area (Å²) in [6.45, 7) is 8.64. The predicted molar refractivity (Wildman–Crippen MR) is 124 cm³/mol. The van der Waals surface area contributed by atoms with Gasteiger partial charge in [-0.05, 0) is 59.6 Å². The van der Waals surface area contributed by atoms with E-state index < -0.39 is 0 Å². The van der Waals surface area contributed by atoms with Crippen LogP contribution in [-0.4, -0.2) is 34.8 Å². The van der Waals surface area contributed by atoms with Crippen LogP contribution in [0.15, 0.2) is 36.5 Å². The van der Waals surface area contributed by atoms with Crippen LogP contribution < -0.4 is 5.32 Å². The van der Waals surface area contributed by atoms with Crippen molar-refractivity contribution in [3.05, 3.63) is 64.0 Å². The molecule has 2 amide bonds. The second kappa shape index (κ2) is 8.48. The van der Waals surface area contributed by atoms with E-state index in [2.05, 4.69) is 21.2 Å². The standard InChI is InChI=1S/C23H20N4O2S.CH4/c1-24-21-6-4-19(30-21)16-9-17-12-27(13-18(17)10-16)22(29)7-2-14-8-15-3-5-20(28)26-23(15)25-11-14;/h2,4,6-9,11,17-18H,3,5,10,12-13H2,(H,25,26,28);1H4/b7-2+;. The number of nitrogens with one attached hydrogen (secondary N) is 1. The number of anilines is 1. The van der Waals surface area contributed by atoms with E-state index in [9.17, 15) is 9.59 Å². The van der Waals surface area contributed by atoms with E-state index in [0.29, 0.717) is 30.5 Å². The van der Waals surface area contributed by atoms with Crippen LogP contribution in [0, 0.1) is 18.4 Å². The van der Waals surface area contributed by atoms with E-state index in [-0.39, 0.29) is 19.2 Å².